The van der Waals surface area contributed by atoms with Crippen molar-refractivity contribution < 1.29 is 17.9 Å². The first-order chi connectivity index (χ1) is 13.9. The number of rotatable bonds is 3. The molecule has 0 aliphatic carbocycles. The maximum absolute atomic E-state index is 12.7. The van der Waals surface area contributed by atoms with Gasteiger partial charge in [0.1, 0.15) is 15.6 Å². The molecule has 2 aliphatic heterocycles. The molecule has 0 N–H and O–H groups in total. The van der Waals surface area contributed by atoms with E-state index in [1.54, 1.807) is 0 Å². The number of ether oxygens (including phenoxy) is 1. The van der Waals surface area contributed by atoms with Crippen LogP contribution in [0.3, 0.4) is 0 Å². The van der Waals surface area contributed by atoms with Gasteiger partial charge in [-0.05, 0) is 56.3 Å². The lowest BCUT2D eigenvalue weighted by Crippen LogP contribution is -2.46. The lowest BCUT2D eigenvalue weighted by molar-refractivity contribution is -0.131. The Morgan fingerprint density at radius 2 is 1.97 bits per heavy atom. The highest BCUT2D eigenvalue weighted by Crippen LogP contribution is 2.23. The summed E-state index contributed by atoms with van der Waals surface area (Å²) < 4.78 is 28.8. The predicted molar refractivity (Wildman–Crippen MR) is 115 cm³/mol. The molecule has 0 radical (unpaired) electrons. The molecule has 162 valence electrons. The summed E-state index contributed by atoms with van der Waals surface area (Å²) in [7, 11) is -3.14. The molecule has 29 heavy (non-hydrogen) atoms. The Balaban J connectivity index is 1.70. The zero-order valence-corrected chi connectivity index (χ0v) is 18.3. The molecule has 3 rings (SSSR count). The van der Waals surface area contributed by atoms with Crippen molar-refractivity contribution in [3.8, 4) is 5.75 Å². The van der Waals surface area contributed by atoms with Crippen LogP contribution in [-0.2, 0) is 21.1 Å². The Kier molecular flexibility index (Phi) is 7.95. The van der Waals surface area contributed by atoms with Crippen LogP contribution in [0.5, 0.6) is 5.75 Å². The van der Waals surface area contributed by atoms with Gasteiger partial charge >= 0.3 is 0 Å². The number of amides is 1. The Morgan fingerprint density at radius 1 is 1.10 bits per heavy atom. The van der Waals surface area contributed by atoms with Gasteiger partial charge < -0.3 is 9.64 Å². The second-order valence-corrected chi connectivity index (χ2v) is 10.6. The molecule has 1 fully saturated rings. The molecule has 1 amide bonds. The zero-order chi connectivity index (χ0) is 20.7. The van der Waals surface area contributed by atoms with E-state index in [0.29, 0.717) is 25.7 Å². The molecule has 2 aliphatic rings. The molecule has 0 aromatic heterocycles. The lowest BCUT2D eigenvalue weighted by atomic mass is 9.95. The molecule has 2 heterocycles. The number of carbonyl (C=O) groups is 1. The molecular formula is C22H34N2O4S. The Bertz CT molecular complexity index is 781. The highest BCUT2D eigenvalue weighted by atomic mass is 32.2. The van der Waals surface area contributed by atoms with Crippen molar-refractivity contribution in [2.75, 3.05) is 44.8 Å². The third-order valence-corrected chi connectivity index (χ3v) is 6.90. The first-order valence-electron chi connectivity index (χ1n) is 10.8. The maximum Gasteiger partial charge on any atom is 0.223 e. The number of carbonyl (C=O) groups excluding carboxylic acids is 1. The summed E-state index contributed by atoms with van der Waals surface area (Å²) in [5.74, 6) is 0.728. The Labute approximate surface area is 175 Å². The van der Waals surface area contributed by atoms with Crippen LogP contribution >= 0.6 is 0 Å². The van der Waals surface area contributed by atoms with Gasteiger partial charge in [-0.1, -0.05) is 18.6 Å². The molecule has 1 atom stereocenters. The first-order valence-corrected chi connectivity index (χ1v) is 12.9. The lowest BCUT2D eigenvalue weighted by Gasteiger charge is -2.37. The number of aryl methyl sites for hydroxylation is 1. The van der Waals surface area contributed by atoms with Crippen LogP contribution < -0.4 is 4.74 Å². The minimum absolute atomic E-state index is 0.0607. The van der Waals surface area contributed by atoms with Crippen LogP contribution in [0.25, 0.3) is 0 Å². The van der Waals surface area contributed by atoms with Gasteiger partial charge in [0, 0.05) is 38.4 Å². The van der Waals surface area contributed by atoms with Crippen molar-refractivity contribution in [2.45, 2.75) is 51.0 Å². The van der Waals surface area contributed by atoms with E-state index in [-0.39, 0.29) is 18.1 Å². The second kappa shape index (κ2) is 10.4. The SMILES string of the molecule is CS(=O)(=O)CCC(=O)N1CCCOc2cccc(c2)CCC2CCCCN2CC1. The van der Waals surface area contributed by atoms with Gasteiger partial charge in [-0.2, -0.15) is 0 Å². The smallest absolute Gasteiger partial charge is 0.223 e. The summed E-state index contributed by atoms with van der Waals surface area (Å²) >= 11 is 0. The summed E-state index contributed by atoms with van der Waals surface area (Å²) in [6.07, 6.45) is 7.81. The van der Waals surface area contributed by atoms with Gasteiger partial charge in [0.2, 0.25) is 5.91 Å². The third kappa shape index (κ3) is 7.30. The predicted octanol–water partition coefficient (Wildman–Crippen LogP) is 2.52. The number of hydrogen-bond acceptors (Lipinski definition) is 5. The van der Waals surface area contributed by atoms with E-state index in [1.807, 2.05) is 11.0 Å². The Morgan fingerprint density at radius 3 is 2.79 bits per heavy atom. The standard InChI is InChI=1S/C22H34N2O4S/c1-29(26,27)17-11-22(25)24-13-5-16-28-21-8-4-6-19(18-21)9-10-20-7-2-3-12-23(20)14-15-24/h4,6,8,18,20H,2-3,5,7,9-17H2,1H3. The van der Waals surface area contributed by atoms with Crippen LogP contribution in [-0.4, -0.2) is 75.0 Å². The Hall–Kier alpha value is -1.60. The van der Waals surface area contributed by atoms with Gasteiger partial charge in [0.25, 0.3) is 0 Å². The zero-order valence-electron chi connectivity index (χ0n) is 17.5. The van der Waals surface area contributed by atoms with Gasteiger partial charge in [0.15, 0.2) is 0 Å². The average molecular weight is 423 g/mol. The number of sulfone groups is 1. The number of piperidine rings is 1. The van der Waals surface area contributed by atoms with Crippen LogP contribution in [0, 0.1) is 0 Å². The number of fused-ring (bicyclic) bond motifs is 3. The van der Waals surface area contributed by atoms with Crippen molar-refractivity contribution in [3.05, 3.63) is 29.8 Å². The number of hydrogen-bond donors (Lipinski definition) is 0. The van der Waals surface area contributed by atoms with E-state index in [4.69, 9.17) is 4.74 Å². The summed E-state index contributed by atoms with van der Waals surface area (Å²) in [4.78, 5) is 17.1. The van der Waals surface area contributed by atoms with Gasteiger partial charge in [-0.15, -0.1) is 0 Å². The van der Waals surface area contributed by atoms with Gasteiger partial charge in [-0.25, -0.2) is 8.42 Å². The van der Waals surface area contributed by atoms with E-state index < -0.39 is 9.84 Å². The van der Waals surface area contributed by atoms with E-state index in [1.165, 1.54) is 31.1 Å². The topological polar surface area (TPSA) is 66.9 Å². The van der Waals surface area contributed by atoms with E-state index in [9.17, 15) is 13.2 Å². The summed E-state index contributed by atoms with van der Waals surface area (Å²) in [6.45, 7) is 3.74. The van der Waals surface area contributed by atoms with Crippen LogP contribution in [0.4, 0.5) is 0 Å². The molecular weight excluding hydrogens is 388 g/mol. The largest absolute Gasteiger partial charge is 0.494 e. The highest BCUT2D eigenvalue weighted by molar-refractivity contribution is 7.90. The summed E-state index contributed by atoms with van der Waals surface area (Å²) in [6, 6.07) is 8.89. The van der Waals surface area contributed by atoms with Crippen molar-refractivity contribution >= 4 is 15.7 Å². The van der Waals surface area contributed by atoms with Crippen molar-refractivity contribution in [2.24, 2.45) is 0 Å². The summed E-state index contributed by atoms with van der Waals surface area (Å²) in [5, 5.41) is 0. The second-order valence-electron chi connectivity index (χ2n) is 8.33. The van der Waals surface area contributed by atoms with Gasteiger partial charge in [0.05, 0.1) is 12.4 Å². The number of nitrogens with zero attached hydrogens (tertiary/aromatic N) is 2. The fourth-order valence-corrected chi connectivity index (χ4v) is 4.84. The minimum Gasteiger partial charge on any atom is -0.494 e. The average Bonchev–Trinajstić information content (AvgIpc) is 2.70. The molecule has 7 heteroatoms. The van der Waals surface area contributed by atoms with Crippen LogP contribution in [0.2, 0.25) is 0 Å². The molecule has 1 saturated heterocycles. The van der Waals surface area contributed by atoms with E-state index >= 15 is 0 Å². The third-order valence-electron chi connectivity index (χ3n) is 5.95. The van der Waals surface area contributed by atoms with E-state index in [2.05, 4.69) is 23.1 Å². The van der Waals surface area contributed by atoms with Gasteiger partial charge in [-0.3, -0.25) is 9.69 Å². The fourth-order valence-electron chi connectivity index (χ4n) is 4.29. The molecule has 6 nitrogen and oxygen atoms in total. The molecule has 0 saturated carbocycles. The van der Waals surface area contributed by atoms with Crippen LogP contribution in [0.1, 0.15) is 44.1 Å². The highest BCUT2D eigenvalue weighted by Gasteiger charge is 2.24. The van der Waals surface area contributed by atoms with E-state index in [0.717, 1.165) is 38.1 Å². The quantitative estimate of drug-likeness (QED) is 0.749. The van der Waals surface area contributed by atoms with Crippen molar-refractivity contribution in [1.29, 1.82) is 0 Å². The first kappa shape index (κ1) is 22.1. The van der Waals surface area contributed by atoms with Crippen molar-refractivity contribution in [1.82, 2.24) is 9.80 Å². The number of benzene rings is 1. The molecule has 1 unspecified atom stereocenters. The molecule has 1 aromatic rings. The maximum atomic E-state index is 12.7. The molecule has 1 aromatic carbocycles. The molecule has 0 spiro atoms. The minimum atomic E-state index is -3.14. The molecule has 2 bridgehead atoms. The van der Waals surface area contributed by atoms with Crippen molar-refractivity contribution in [3.63, 3.8) is 0 Å². The monoisotopic (exact) mass is 422 g/mol. The van der Waals surface area contributed by atoms with Crippen LogP contribution in [0.15, 0.2) is 24.3 Å². The normalized spacial score (nSPS) is 22.2. The summed E-state index contributed by atoms with van der Waals surface area (Å²) in [5.41, 5.74) is 1.32. The fraction of sp³-hybridized carbons (Fsp3) is 0.682.